The van der Waals surface area contributed by atoms with E-state index in [1.54, 1.807) is 49.4 Å². The van der Waals surface area contributed by atoms with Gasteiger partial charge in [-0.2, -0.15) is 5.26 Å². The van der Waals surface area contributed by atoms with Gasteiger partial charge in [-0.3, -0.25) is 4.79 Å². The van der Waals surface area contributed by atoms with Crippen molar-refractivity contribution < 1.29 is 19.1 Å². The van der Waals surface area contributed by atoms with Gasteiger partial charge in [0.05, 0.1) is 22.9 Å². The Morgan fingerprint density at radius 3 is 2.54 bits per heavy atom. The number of hydrogen-bond acceptors (Lipinski definition) is 5. The average Bonchev–Trinajstić information content (AvgIpc) is 2.90. The molecule has 0 fully saturated rings. The van der Waals surface area contributed by atoms with Crippen LogP contribution in [0.2, 0.25) is 10.0 Å². The quantitative estimate of drug-likeness (QED) is 0.117. The number of carbonyl (C=O) groups is 2. The number of nitrogens with one attached hydrogen (secondary N) is 1. The predicted molar refractivity (Wildman–Crippen MR) is 145 cm³/mol. The van der Waals surface area contributed by atoms with Crippen LogP contribution in [0.3, 0.4) is 0 Å². The van der Waals surface area contributed by atoms with Crippen LogP contribution in [0.5, 0.6) is 11.5 Å². The number of nitriles is 1. The number of carbonyl (C=O) groups excluding carboxylic acids is 2. The van der Waals surface area contributed by atoms with Crippen LogP contribution in [0.15, 0.2) is 84.4 Å². The van der Waals surface area contributed by atoms with E-state index in [9.17, 15) is 14.9 Å². The molecule has 0 aromatic heterocycles. The van der Waals surface area contributed by atoms with Crippen molar-refractivity contribution in [2.24, 2.45) is 0 Å². The smallest absolute Gasteiger partial charge is 0.344 e. The normalized spacial score (nSPS) is 11.0. The summed E-state index contributed by atoms with van der Waals surface area (Å²) in [6, 6.07) is 24.2. The van der Waals surface area contributed by atoms with E-state index in [0.29, 0.717) is 28.5 Å². The Hall–Kier alpha value is -4.31. The highest BCUT2D eigenvalue weighted by atomic mass is 35.5. The number of benzene rings is 4. The molecule has 0 bridgehead atoms. The summed E-state index contributed by atoms with van der Waals surface area (Å²) >= 11 is 12.1. The van der Waals surface area contributed by atoms with E-state index in [1.165, 1.54) is 12.1 Å². The zero-order chi connectivity index (χ0) is 26.4. The third-order valence-corrected chi connectivity index (χ3v) is 5.90. The highest BCUT2D eigenvalue weighted by molar-refractivity contribution is 6.36. The lowest BCUT2D eigenvalue weighted by atomic mass is 10.0. The van der Waals surface area contributed by atoms with Crippen molar-refractivity contribution in [2.75, 3.05) is 11.9 Å². The minimum absolute atomic E-state index is 0.168. The molecule has 8 heteroatoms. The SMILES string of the molecule is CCOc1cc(/C=C(\C#N)C(=O)Nc2cc(Cl)ccc2Cl)ccc1OC(=O)c1cccc2ccccc12. The van der Waals surface area contributed by atoms with Crippen LogP contribution in [-0.2, 0) is 4.79 Å². The topological polar surface area (TPSA) is 88.4 Å². The average molecular weight is 531 g/mol. The van der Waals surface area contributed by atoms with Crippen molar-refractivity contribution in [3.05, 3.63) is 106 Å². The van der Waals surface area contributed by atoms with Gasteiger partial charge in [-0.05, 0) is 65.7 Å². The predicted octanol–water partition coefficient (Wildman–Crippen LogP) is 7.31. The zero-order valence-electron chi connectivity index (χ0n) is 19.6. The lowest BCUT2D eigenvalue weighted by molar-refractivity contribution is -0.112. The van der Waals surface area contributed by atoms with E-state index >= 15 is 0 Å². The Bertz CT molecular complexity index is 1570. The third-order valence-electron chi connectivity index (χ3n) is 5.33. The van der Waals surface area contributed by atoms with Gasteiger partial charge in [0.25, 0.3) is 5.91 Å². The summed E-state index contributed by atoms with van der Waals surface area (Å²) in [5.74, 6) is -0.682. The number of nitrogens with zero attached hydrogens (tertiary/aromatic N) is 1. The first-order valence-corrected chi connectivity index (χ1v) is 12.0. The first-order valence-electron chi connectivity index (χ1n) is 11.2. The molecular weight excluding hydrogens is 511 g/mol. The molecular formula is C29H20Cl2N2O4. The van der Waals surface area contributed by atoms with Gasteiger partial charge in [0.2, 0.25) is 0 Å². The summed E-state index contributed by atoms with van der Waals surface area (Å²) in [6.45, 7) is 2.10. The van der Waals surface area contributed by atoms with E-state index < -0.39 is 11.9 Å². The Morgan fingerprint density at radius 1 is 0.973 bits per heavy atom. The molecule has 0 saturated carbocycles. The fourth-order valence-electron chi connectivity index (χ4n) is 3.62. The lowest BCUT2D eigenvalue weighted by Gasteiger charge is -2.13. The fraction of sp³-hybridized carbons (Fsp3) is 0.0690. The van der Waals surface area contributed by atoms with Crippen molar-refractivity contribution >= 4 is 57.6 Å². The van der Waals surface area contributed by atoms with Crippen molar-refractivity contribution in [3.63, 3.8) is 0 Å². The monoisotopic (exact) mass is 530 g/mol. The number of halogens is 2. The molecule has 0 heterocycles. The highest BCUT2D eigenvalue weighted by Crippen LogP contribution is 2.31. The van der Waals surface area contributed by atoms with Crippen molar-refractivity contribution in [2.45, 2.75) is 6.92 Å². The summed E-state index contributed by atoms with van der Waals surface area (Å²) in [7, 11) is 0. The molecule has 37 heavy (non-hydrogen) atoms. The number of ether oxygens (including phenoxy) is 2. The second-order valence-corrected chi connectivity index (χ2v) is 8.65. The molecule has 4 rings (SSSR count). The first kappa shape index (κ1) is 25.8. The molecule has 0 spiro atoms. The Labute approximate surface area is 223 Å². The first-order chi connectivity index (χ1) is 17.9. The Kier molecular flexibility index (Phi) is 8.09. The Morgan fingerprint density at radius 2 is 1.76 bits per heavy atom. The molecule has 4 aromatic carbocycles. The fourth-order valence-corrected chi connectivity index (χ4v) is 3.96. The van der Waals surface area contributed by atoms with Gasteiger partial charge in [0.1, 0.15) is 11.6 Å². The number of fused-ring (bicyclic) bond motifs is 1. The summed E-state index contributed by atoms with van der Waals surface area (Å²) in [5.41, 5.74) is 1.04. The van der Waals surface area contributed by atoms with Crippen LogP contribution in [0.1, 0.15) is 22.8 Å². The van der Waals surface area contributed by atoms with Gasteiger partial charge in [0, 0.05) is 5.02 Å². The van der Waals surface area contributed by atoms with Crippen LogP contribution in [0.25, 0.3) is 16.8 Å². The molecule has 0 unspecified atom stereocenters. The van der Waals surface area contributed by atoms with Crippen LogP contribution < -0.4 is 14.8 Å². The molecule has 0 saturated heterocycles. The van der Waals surface area contributed by atoms with Gasteiger partial charge in [0.15, 0.2) is 11.5 Å². The van der Waals surface area contributed by atoms with E-state index in [0.717, 1.165) is 10.8 Å². The molecule has 0 radical (unpaired) electrons. The lowest BCUT2D eigenvalue weighted by Crippen LogP contribution is -2.13. The highest BCUT2D eigenvalue weighted by Gasteiger charge is 2.17. The van der Waals surface area contributed by atoms with Crippen molar-refractivity contribution in [1.29, 1.82) is 5.26 Å². The molecule has 1 amide bonds. The largest absolute Gasteiger partial charge is 0.490 e. The second-order valence-electron chi connectivity index (χ2n) is 7.80. The van der Waals surface area contributed by atoms with E-state index in [1.807, 2.05) is 36.4 Å². The number of anilines is 1. The van der Waals surface area contributed by atoms with Crippen LogP contribution in [0.4, 0.5) is 5.69 Å². The van der Waals surface area contributed by atoms with E-state index in [4.69, 9.17) is 32.7 Å². The molecule has 1 N–H and O–H groups in total. The molecule has 0 aliphatic carbocycles. The molecule has 184 valence electrons. The van der Waals surface area contributed by atoms with Crippen LogP contribution >= 0.6 is 23.2 Å². The minimum Gasteiger partial charge on any atom is -0.490 e. The van der Waals surface area contributed by atoms with E-state index in [-0.39, 0.29) is 22.0 Å². The molecule has 6 nitrogen and oxygen atoms in total. The van der Waals surface area contributed by atoms with Crippen LogP contribution in [-0.4, -0.2) is 18.5 Å². The van der Waals surface area contributed by atoms with Gasteiger partial charge in [-0.25, -0.2) is 4.79 Å². The number of esters is 1. The maximum Gasteiger partial charge on any atom is 0.344 e. The Balaban J connectivity index is 1.59. The van der Waals surface area contributed by atoms with Crippen molar-refractivity contribution in [3.8, 4) is 17.6 Å². The molecule has 4 aromatic rings. The maximum atomic E-state index is 13.0. The summed E-state index contributed by atoms with van der Waals surface area (Å²) in [4.78, 5) is 25.7. The summed E-state index contributed by atoms with van der Waals surface area (Å²) in [6.07, 6.45) is 1.40. The molecule has 0 atom stereocenters. The second kappa shape index (κ2) is 11.6. The summed E-state index contributed by atoms with van der Waals surface area (Å²) in [5, 5.41) is 14.5. The van der Waals surface area contributed by atoms with Gasteiger partial charge < -0.3 is 14.8 Å². The zero-order valence-corrected chi connectivity index (χ0v) is 21.1. The van der Waals surface area contributed by atoms with E-state index in [2.05, 4.69) is 5.32 Å². The van der Waals surface area contributed by atoms with Crippen LogP contribution in [0, 0.1) is 11.3 Å². The van der Waals surface area contributed by atoms with Gasteiger partial charge in [-0.15, -0.1) is 0 Å². The summed E-state index contributed by atoms with van der Waals surface area (Å²) < 4.78 is 11.4. The number of hydrogen-bond donors (Lipinski definition) is 1. The van der Waals surface area contributed by atoms with Crippen molar-refractivity contribution in [1.82, 2.24) is 0 Å². The molecule has 0 aliphatic heterocycles. The minimum atomic E-state index is -0.656. The number of amides is 1. The molecule has 0 aliphatic rings. The third kappa shape index (κ3) is 6.10. The maximum absolute atomic E-state index is 13.0. The standard InChI is InChI=1S/C29H20Cl2N2O4/c1-2-36-27-15-18(14-20(17-32)28(34)33-25-16-21(30)11-12-24(25)31)10-13-26(27)37-29(35)23-9-5-7-19-6-3-4-8-22(19)23/h3-16H,2H2,1H3,(H,33,34)/b20-14+. The number of rotatable bonds is 7. The van der Waals surface area contributed by atoms with Gasteiger partial charge in [-0.1, -0.05) is 65.7 Å². The van der Waals surface area contributed by atoms with Gasteiger partial charge >= 0.3 is 5.97 Å².